The maximum absolute atomic E-state index is 6.26. The molecular weight excluding hydrogens is 234 g/mol. The maximum atomic E-state index is 6.26. The summed E-state index contributed by atoms with van der Waals surface area (Å²) in [5.74, 6) is 1.67. The fourth-order valence-corrected chi connectivity index (χ4v) is 2.93. The van der Waals surface area contributed by atoms with Gasteiger partial charge in [-0.15, -0.1) is 0 Å². The van der Waals surface area contributed by atoms with Gasteiger partial charge in [0, 0.05) is 11.5 Å². The van der Waals surface area contributed by atoms with Crippen LogP contribution < -0.4 is 5.73 Å². The van der Waals surface area contributed by atoms with Crippen LogP contribution in [0, 0.1) is 5.92 Å². The summed E-state index contributed by atoms with van der Waals surface area (Å²) in [5.41, 5.74) is 10.9. The molecule has 19 heavy (non-hydrogen) atoms. The largest absolute Gasteiger partial charge is 0.463 e. The van der Waals surface area contributed by atoms with Gasteiger partial charge in [0.25, 0.3) is 0 Å². The first-order valence-corrected chi connectivity index (χ1v) is 6.79. The lowest BCUT2D eigenvalue weighted by Crippen LogP contribution is -2.17. The zero-order chi connectivity index (χ0) is 13.4. The standard InChI is InChI=1S/C17H19NO/c1-11(2)14-10-15(12-6-4-3-5-7-12)13-8-9-19-17(13)16(14)18/h3-9,11,15H,10,18H2,1-2H3. The van der Waals surface area contributed by atoms with Gasteiger partial charge in [0.15, 0.2) is 5.76 Å². The van der Waals surface area contributed by atoms with Gasteiger partial charge in [0.2, 0.25) is 0 Å². The molecule has 1 heterocycles. The molecule has 2 aromatic rings. The van der Waals surface area contributed by atoms with Crippen LogP contribution in [0.25, 0.3) is 5.70 Å². The minimum atomic E-state index is 0.361. The van der Waals surface area contributed by atoms with Gasteiger partial charge in [-0.3, -0.25) is 0 Å². The molecule has 0 bridgehead atoms. The van der Waals surface area contributed by atoms with Crippen molar-refractivity contribution in [3.8, 4) is 0 Å². The van der Waals surface area contributed by atoms with Crippen LogP contribution in [0.1, 0.15) is 43.1 Å². The molecule has 0 radical (unpaired) electrons. The predicted octanol–water partition coefficient (Wildman–Crippen LogP) is 4.14. The third kappa shape index (κ3) is 1.97. The van der Waals surface area contributed by atoms with E-state index in [1.165, 1.54) is 16.7 Å². The summed E-state index contributed by atoms with van der Waals surface area (Å²) in [6.07, 6.45) is 2.73. The average Bonchev–Trinajstić information content (AvgIpc) is 2.89. The fraction of sp³-hybridized carbons (Fsp3) is 0.294. The van der Waals surface area contributed by atoms with Crippen molar-refractivity contribution in [2.24, 2.45) is 11.7 Å². The molecule has 0 spiro atoms. The lowest BCUT2D eigenvalue weighted by Gasteiger charge is -2.27. The van der Waals surface area contributed by atoms with Crippen molar-refractivity contribution >= 4 is 5.70 Å². The van der Waals surface area contributed by atoms with Gasteiger partial charge in [-0.1, -0.05) is 44.2 Å². The molecule has 0 amide bonds. The second-order valence-corrected chi connectivity index (χ2v) is 5.47. The zero-order valence-corrected chi connectivity index (χ0v) is 11.4. The maximum Gasteiger partial charge on any atom is 0.153 e. The highest BCUT2D eigenvalue weighted by molar-refractivity contribution is 5.69. The van der Waals surface area contributed by atoms with E-state index in [2.05, 4.69) is 50.2 Å². The minimum absolute atomic E-state index is 0.361. The summed E-state index contributed by atoms with van der Waals surface area (Å²) < 4.78 is 5.62. The first-order chi connectivity index (χ1) is 9.18. The normalized spacial score (nSPS) is 18.8. The summed E-state index contributed by atoms with van der Waals surface area (Å²) in [4.78, 5) is 0. The van der Waals surface area contributed by atoms with Crippen LogP contribution in [0.3, 0.4) is 0 Å². The average molecular weight is 253 g/mol. The summed E-state index contributed by atoms with van der Waals surface area (Å²) in [6, 6.07) is 12.6. The van der Waals surface area contributed by atoms with Gasteiger partial charge in [-0.05, 0) is 29.5 Å². The molecule has 2 N–H and O–H groups in total. The molecule has 2 heteroatoms. The zero-order valence-electron chi connectivity index (χ0n) is 11.4. The Balaban J connectivity index is 2.11. The van der Waals surface area contributed by atoms with Gasteiger partial charge in [0.1, 0.15) is 0 Å². The molecule has 2 nitrogen and oxygen atoms in total. The van der Waals surface area contributed by atoms with Gasteiger partial charge >= 0.3 is 0 Å². The summed E-state index contributed by atoms with van der Waals surface area (Å²) in [5, 5.41) is 0. The Bertz CT molecular complexity index is 607. The number of hydrogen-bond acceptors (Lipinski definition) is 2. The predicted molar refractivity (Wildman–Crippen MR) is 77.6 cm³/mol. The molecule has 1 aliphatic carbocycles. The highest BCUT2D eigenvalue weighted by atomic mass is 16.3. The number of rotatable bonds is 2. The van der Waals surface area contributed by atoms with Crippen molar-refractivity contribution in [3.05, 3.63) is 65.1 Å². The van der Waals surface area contributed by atoms with Crippen LogP contribution >= 0.6 is 0 Å². The van der Waals surface area contributed by atoms with Gasteiger partial charge in [0.05, 0.1) is 12.0 Å². The third-order valence-corrected chi connectivity index (χ3v) is 3.98. The lowest BCUT2D eigenvalue weighted by molar-refractivity contribution is 0.533. The van der Waals surface area contributed by atoms with Crippen molar-refractivity contribution in [2.45, 2.75) is 26.2 Å². The molecular formula is C17H19NO. The molecule has 0 saturated heterocycles. The number of furan rings is 1. The van der Waals surface area contributed by atoms with E-state index in [4.69, 9.17) is 10.2 Å². The number of allylic oxidation sites excluding steroid dienone is 1. The number of fused-ring (bicyclic) bond motifs is 1. The summed E-state index contributed by atoms with van der Waals surface area (Å²) in [6.45, 7) is 4.39. The fourth-order valence-electron chi connectivity index (χ4n) is 2.93. The first kappa shape index (κ1) is 12.1. The highest BCUT2D eigenvalue weighted by Crippen LogP contribution is 2.43. The molecule has 1 aromatic carbocycles. The highest BCUT2D eigenvalue weighted by Gasteiger charge is 2.29. The Hall–Kier alpha value is -1.96. The van der Waals surface area contributed by atoms with Gasteiger partial charge in [-0.25, -0.2) is 0 Å². The molecule has 0 saturated carbocycles. The van der Waals surface area contributed by atoms with E-state index in [9.17, 15) is 0 Å². The Morgan fingerprint density at radius 3 is 2.58 bits per heavy atom. The van der Waals surface area contributed by atoms with E-state index in [1.807, 2.05) is 0 Å². The topological polar surface area (TPSA) is 39.2 Å². The molecule has 98 valence electrons. The van der Waals surface area contributed by atoms with E-state index < -0.39 is 0 Å². The molecule has 3 rings (SSSR count). The quantitative estimate of drug-likeness (QED) is 0.873. The molecule has 1 unspecified atom stereocenters. The Labute approximate surface area is 113 Å². The SMILES string of the molecule is CC(C)C1=C(N)c2occc2C(c2ccccc2)C1. The van der Waals surface area contributed by atoms with Crippen LogP contribution in [0.4, 0.5) is 0 Å². The summed E-state index contributed by atoms with van der Waals surface area (Å²) in [7, 11) is 0. The Kier molecular flexibility index (Phi) is 2.94. The third-order valence-electron chi connectivity index (χ3n) is 3.98. The monoisotopic (exact) mass is 253 g/mol. The van der Waals surface area contributed by atoms with E-state index in [0.717, 1.165) is 17.9 Å². The molecule has 0 fully saturated rings. The van der Waals surface area contributed by atoms with Gasteiger partial charge < -0.3 is 10.2 Å². The van der Waals surface area contributed by atoms with Crippen molar-refractivity contribution < 1.29 is 4.42 Å². The van der Waals surface area contributed by atoms with Crippen molar-refractivity contribution in [1.82, 2.24) is 0 Å². The van der Waals surface area contributed by atoms with E-state index in [0.29, 0.717) is 11.8 Å². The molecule has 1 aromatic heterocycles. The van der Waals surface area contributed by atoms with Crippen molar-refractivity contribution in [2.75, 3.05) is 0 Å². The van der Waals surface area contributed by atoms with E-state index in [1.54, 1.807) is 6.26 Å². The molecule has 0 aliphatic heterocycles. The van der Waals surface area contributed by atoms with Gasteiger partial charge in [-0.2, -0.15) is 0 Å². The van der Waals surface area contributed by atoms with E-state index >= 15 is 0 Å². The molecule has 1 atom stereocenters. The smallest absolute Gasteiger partial charge is 0.153 e. The van der Waals surface area contributed by atoms with Crippen LogP contribution in [0.5, 0.6) is 0 Å². The Morgan fingerprint density at radius 2 is 1.89 bits per heavy atom. The van der Waals surface area contributed by atoms with Crippen LogP contribution in [0.2, 0.25) is 0 Å². The van der Waals surface area contributed by atoms with Crippen LogP contribution in [-0.4, -0.2) is 0 Å². The first-order valence-electron chi connectivity index (χ1n) is 6.79. The van der Waals surface area contributed by atoms with Crippen LogP contribution in [-0.2, 0) is 0 Å². The van der Waals surface area contributed by atoms with Crippen molar-refractivity contribution in [1.29, 1.82) is 0 Å². The van der Waals surface area contributed by atoms with E-state index in [-0.39, 0.29) is 0 Å². The second kappa shape index (κ2) is 4.61. The van der Waals surface area contributed by atoms with Crippen molar-refractivity contribution in [3.63, 3.8) is 0 Å². The van der Waals surface area contributed by atoms with Crippen LogP contribution in [0.15, 0.2) is 52.7 Å². The Morgan fingerprint density at radius 1 is 1.16 bits per heavy atom. The lowest BCUT2D eigenvalue weighted by atomic mass is 9.78. The molecule has 1 aliphatic rings. The second-order valence-electron chi connectivity index (χ2n) is 5.47. The number of benzene rings is 1. The number of hydrogen-bond donors (Lipinski definition) is 1. The number of nitrogens with two attached hydrogens (primary N) is 1. The minimum Gasteiger partial charge on any atom is -0.463 e. The summed E-state index contributed by atoms with van der Waals surface area (Å²) >= 11 is 0.